The zero-order valence-corrected chi connectivity index (χ0v) is 10.6. The summed E-state index contributed by atoms with van der Waals surface area (Å²) in [6.07, 6.45) is 1.22. The summed E-state index contributed by atoms with van der Waals surface area (Å²) in [7, 11) is 0. The first kappa shape index (κ1) is 12.8. The molecule has 3 N–H and O–H groups in total. The van der Waals surface area contributed by atoms with Gasteiger partial charge in [-0.2, -0.15) is 0 Å². The number of aromatic nitrogens is 2. The Hall–Kier alpha value is -1.69. The van der Waals surface area contributed by atoms with Crippen molar-refractivity contribution in [3.05, 3.63) is 17.8 Å². The van der Waals surface area contributed by atoms with Gasteiger partial charge >= 0.3 is 0 Å². The number of nitrogens with two attached hydrogens (primary N) is 1. The molecule has 1 aliphatic heterocycles. The van der Waals surface area contributed by atoms with E-state index in [1.807, 2.05) is 0 Å². The number of hydrogen-bond acceptors (Lipinski definition) is 5. The second kappa shape index (κ2) is 5.77. The van der Waals surface area contributed by atoms with Crippen LogP contribution in [0.15, 0.2) is 12.1 Å². The van der Waals surface area contributed by atoms with Crippen molar-refractivity contribution < 1.29 is 4.79 Å². The number of rotatable bonds is 5. The van der Waals surface area contributed by atoms with Crippen molar-refractivity contribution in [3.8, 4) is 0 Å². The Morgan fingerprint density at radius 2 is 2.39 bits per heavy atom. The van der Waals surface area contributed by atoms with E-state index in [2.05, 4.69) is 27.3 Å². The van der Waals surface area contributed by atoms with Crippen molar-refractivity contribution in [2.45, 2.75) is 13.3 Å². The smallest absolute Gasteiger partial charge is 0.269 e. The zero-order valence-electron chi connectivity index (χ0n) is 10.6. The molecule has 1 aromatic rings. The van der Waals surface area contributed by atoms with E-state index < -0.39 is 5.91 Å². The summed E-state index contributed by atoms with van der Waals surface area (Å²) in [4.78, 5) is 13.3. The molecule has 1 saturated heterocycles. The van der Waals surface area contributed by atoms with Crippen LogP contribution in [0.3, 0.4) is 0 Å². The topological polar surface area (TPSA) is 84.1 Å². The van der Waals surface area contributed by atoms with Crippen LogP contribution in [0, 0.1) is 5.92 Å². The van der Waals surface area contributed by atoms with Crippen molar-refractivity contribution in [2.75, 3.05) is 31.5 Å². The van der Waals surface area contributed by atoms with Crippen molar-refractivity contribution in [1.29, 1.82) is 0 Å². The molecule has 1 aromatic heterocycles. The monoisotopic (exact) mass is 249 g/mol. The molecule has 0 radical (unpaired) electrons. The zero-order chi connectivity index (χ0) is 13.0. The van der Waals surface area contributed by atoms with E-state index in [0.717, 1.165) is 19.6 Å². The Morgan fingerprint density at radius 1 is 1.56 bits per heavy atom. The van der Waals surface area contributed by atoms with Gasteiger partial charge in [-0.05, 0) is 37.6 Å². The number of primary amides is 1. The van der Waals surface area contributed by atoms with Crippen LogP contribution in [0.5, 0.6) is 0 Å². The van der Waals surface area contributed by atoms with Crippen LogP contribution in [0.25, 0.3) is 0 Å². The van der Waals surface area contributed by atoms with E-state index in [1.165, 1.54) is 13.0 Å². The van der Waals surface area contributed by atoms with Crippen molar-refractivity contribution >= 4 is 11.7 Å². The fraction of sp³-hybridized carbons (Fsp3) is 0.583. The van der Waals surface area contributed by atoms with Crippen LogP contribution < -0.4 is 11.1 Å². The predicted octanol–water partition coefficient (Wildman–Crippen LogP) is 0.329. The van der Waals surface area contributed by atoms with Crippen LogP contribution in [0.2, 0.25) is 0 Å². The molecule has 18 heavy (non-hydrogen) atoms. The van der Waals surface area contributed by atoms with Gasteiger partial charge in [0.25, 0.3) is 5.91 Å². The molecule has 98 valence electrons. The maximum atomic E-state index is 10.8. The van der Waals surface area contributed by atoms with Crippen molar-refractivity contribution in [1.82, 2.24) is 15.1 Å². The molecule has 6 heteroatoms. The van der Waals surface area contributed by atoms with Gasteiger partial charge in [0.05, 0.1) is 0 Å². The molecule has 1 atom stereocenters. The summed E-state index contributed by atoms with van der Waals surface area (Å²) in [6.45, 7) is 6.50. The van der Waals surface area contributed by atoms with Gasteiger partial charge in [-0.1, -0.05) is 6.92 Å². The van der Waals surface area contributed by atoms with Crippen molar-refractivity contribution in [2.24, 2.45) is 11.7 Å². The second-order valence-corrected chi connectivity index (χ2v) is 4.60. The first-order valence-electron chi connectivity index (χ1n) is 6.28. The molecule has 1 amide bonds. The SMILES string of the molecule is CCN1CCC(CNc2ccc(C(N)=O)nn2)C1. The Labute approximate surface area is 107 Å². The third-order valence-electron chi connectivity index (χ3n) is 3.31. The second-order valence-electron chi connectivity index (χ2n) is 4.60. The summed E-state index contributed by atoms with van der Waals surface area (Å²) < 4.78 is 0. The molecule has 1 fully saturated rings. The largest absolute Gasteiger partial charge is 0.368 e. The van der Waals surface area contributed by atoms with Crippen LogP contribution in [0.1, 0.15) is 23.8 Å². The summed E-state index contributed by atoms with van der Waals surface area (Å²) in [5, 5.41) is 10.9. The number of nitrogens with one attached hydrogen (secondary N) is 1. The minimum absolute atomic E-state index is 0.193. The van der Waals surface area contributed by atoms with E-state index in [9.17, 15) is 4.79 Å². The Bertz CT molecular complexity index is 405. The van der Waals surface area contributed by atoms with Gasteiger partial charge in [-0.15, -0.1) is 10.2 Å². The van der Waals surface area contributed by atoms with Gasteiger partial charge in [0.2, 0.25) is 0 Å². The molecular formula is C12H19N5O. The van der Waals surface area contributed by atoms with Gasteiger partial charge in [0.1, 0.15) is 5.82 Å². The van der Waals surface area contributed by atoms with E-state index in [0.29, 0.717) is 11.7 Å². The molecule has 6 nitrogen and oxygen atoms in total. The summed E-state index contributed by atoms with van der Waals surface area (Å²) in [5.41, 5.74) is 5.29. The summed E-state index contributed by atoms with van der Waals surface area (Å²) in [5.74, 6) is 0.793. The van der Waals surface area contributed by atoms with Crippen LogP contribution >= 0.6 is 0 Å². The maximum absolute atomic E-state index is 10.8. The van der Waals surface area contributed by atoms with E-state index in [4.69, 9.17) is 5.73 Å². The standard InChI is InChI=1S/C12H19N5O/c1-2-17-6-5-9(8-17)7-14-11-4-3-10(12(13)18)15-16-11/h3-4,9H,2,5-8H2,1H3,(H2,13,18)(H,14,16). The fourth-order valence-corrected chi connectivity index (χ4v) is 2.17. The normalized spacial score (nSPS) is 19.9. The molecule has 0 spiro atoms. The number of hydrogen-bond donors (Lipinski definition) is 2. The highest BCUT2D eigenvalue weighted by Crippen LogP contribution is 2.16. The predicted molar refractivity (Wildman–Crippen MR) is 69.3 cm³/mol. The average Bonchev–Trinajstić information content (AvgIpc) is 2.85. The van der Waals surface area contributed by atoms with E-state index in [1.54, 1.807) is 12.1 Å². The number of carbonyl (C=O) groups is 1. The van der Waals surface area contributed by atoms with Crippen LogP contribution in [0.4, 0.5) is 5.82 Å². The molecule has 2 heterocycles. The highest BCUT2D eigenvalue weighted by atomic mass is 16.1. The third-order valence-corrected chi connectivity index (χ3v) is 3.31. The molecule has 0 bridgehead atoms. The number of amides is 1. The first-order chi connectivity index (χ1) is 8.69. The van der Waals surface area contributed by atoms with E-state index in [-0.39, 0.29) is 5.69 Å². The highest BCUT2D eigenvalue weighted by Gasteiger charge is 2.20. The third kappa shape index (κ3) is 3.16. The molecule has 1 unspecified atom stereocenters. The lowest BCUT2D eigenvalue weighted by Gasteiger charge is -2.13. The summed E-state index contributed by atoms with van der Waals surface area (Å²) in [6, 6.07) is 3.32. The van der Waals surface area contributed by atoms with E-state index >= 15 is 0 Å². The van der Waals surface area contributed by atoms with Gasteiger partial charge in [-0.3, -0.25) is 4.79 Å². The van der Waals surface area contributed by atoms with Gasteiger partial charge in [0, 0.05) is 13.1 Å². The molecule has 0 saturated carbocycles. The van der Waals surface area contributed by atoms with Gasteiger partial charge in [-0.25, -0.2) is 0 Å². The van der Waals surface area contributed by atoms with Crippen LogP contribution in [-0.4, -0.2) is 47.2 Å². The average molecular weight is 249 g/mol. The fourth-order valence-electron chi connectivity index (χ4n) is 2.17. The number of anilines is 1. The Balaban J connectivity index is 1.82. The van der Waals surface area contributed by atoms with Crippen LogP contribution in [-0.2, 0) is 0 Å². The van der Waals surface area contributed by atoms with Gasteiger partial charge in [0.15, 0.2) is 5.69 Å². The highest BCUT2D eigenvalue weighted by molar-refractivity contribution is 5.90. The maximum Gasteiger partial charge on any atom is 0.269 e. The number of nitrogens with zero attached hydrogens (tertiary/aromatic N) is 3. The number of carbonyl (C=O) groups excluding carboxylic acids is 1. The summed E-state index contributed by atoms with van der Waals surface area (Å²) >= 11 is 0. The minimum atomic E-state index is -0.552. The molecule has 1 aliphatic rings. The quantitative estimate of drug-likeness (QED) is 0.785. The van der Waals surface area contributed by atoms with Gasteiger partial charge < -0.3 is 16.0 Å². The molecule has 0 aromatic carbocycles. The van der Waals surface area contributed by atoms with Crippen molar-refractivity contribution in [3.63, 3.8) is 0 Å². The number of likely N-dealkylation sites (tertiary alicyclic amines) is 1. The molecule has 0 aliphatic carbocycles. The lowest BCUT2D eigenvalue weighted by molar-refractivity contribution is 0.0994. The molecule has 2 rings (SSSR count). The minimum Gasteiger partial charge on any atom is -0.368 e. The first-order valence-corrected chi connectivity index (χ1v) is 6.28. The Morgan fingerprint density at radius 3 is 2.94 bits per heavy atom. The Kier molecular flexibility index (Phi) is 4.09. The lowest BCUT2D eigenvalue weighted by Crippen LogP contribution is -2.22. The lowest BCUT2D eigenvalue weighted by atomic mass is 10.1. The molecular weight excluding hydrogens is 230 g/mol.